The molecule has 10 aromatic rings. The molecule has 0 saturated heterocycles. The summed E-state index contributed by atoms with van der Waals surface area (Å²) in [5.41, 5.74) is 14.2. The molecule has 3 aliphatic rings. The molecule has 2 aliphatic heterocycles. The van der Waals surface area contributed by atoms with E-state index in [4.69, 9.17) is 6.58 Å². The number of allylic oxidation sites excluding steroid dienone is 1. The number of rotatable bonds is 2. The highest BCUT2D eigenvalue weighted by Gasteiger charge is 2.59. The zero-order valence-electron chi connectivity index (χ0n) is 33.9. The molecule has 13 rings (SSSR count). The number of aromatic nitrogens is 3. The number of para-hydroxylation sites is 1. The minimum absolute atomic E-state index is 0.236. The van der Waals surface area contributed by atoms with Gasteiger partial charge in [0.25, 0.3) is 0 Å². The Kier molecular flexibility index (Phi) is 6.99. The van der Waals surface area contributed by atoms with Crippen LogP contribution in [-0.2, 0) is 23.8 Å². The molecule has 1 aliphatic carbocycles. The second-order valence-corrected chi connectivity index (χ2v) is 19.5. The van der Waals surface area contributed by atoms with Gasteiger partial charge in [0.2, 0.25) is 11.4 Å². The molecular weight excluding hydrogens is 735 g/mol. The largest absolute Gasteiger partial charge is 0.308 e. The van der Waals surface area contributed by atoms with Crippen molar-refractivity contribution in [1.82, 2.24) is 4.40 Å². The van der Waals surface area contributed by atoms with E-state index in [-0.39, 0.29) is 11.0 Å². The fourth-order valence-corrected chi connectivity index (χ4v) is 13.6. The monoisotopic (exact) mass is 781 g/mol. The van der Waals surface area contributed by atoms with Crippen molar-refractivity contribution in [2.24, 2.45) is 5.92 Å². The number of nitrogens with zero attached hydrogens (tertiary/aromatic N) is 3. The fourth-order valence-electron chi connectivity index (χ4n) is 12.3. The molecule has 0 bridgehead atoms. The van der Waals surface area contributed by atoms with Gasteiger partial charge in [-0.3, -0.25) is 0 Å². The van der Waals surface area contributed by atoms with Crippen LogP contribution in [0, 0.1) is 5.92 Å². The van der Waals surface area contributed by atoms with Gasteiger partial charge in [0.1, 0.15) is 0 Å². The van der Waals surface area contributed by atoms with Gasteiger partial charge in [0.05, 0.1) is 33.9 Å². The van der Waals surface area contributed by atoms with Crippen LogP contribution >= 0.6 is 11.3 Å². The van der Waals surface area contributed by atoms with Crippen LogP contribution in [0.5, 0.6) is 0 Å². The summed E-state index contributed by atoms with van der Waals surface area (Å²) in [5, 5.41) is 8.16. The molecule has 1 fully saturated rings. The van der Waals surface area contributed by atoms with Crippen LogP contribution in [0.25, 0.3) is 86.5 Å². The van der Waals surface area contributed by atoms with E-state index in [1.807, 2.05) is 11.3 Å². The van der Waals surface area contributed by atoms with Gasteiger partial charge in [-0.25, -0.2) is 0 Å². The maximum absolute atomic E-state index is 4.91. The van der Waals surface area contributed by atoms with E-state index in [0.717, 1.165) is 37.3 Å². The highest BCUT2D eigenvalue weighted by atomic mass is 32.1. The van der Waals surface area contributed by atoms with Gasteiger partial charge in [-0.05, 0) is 91.8 Å². The van der Waals surface area contributed by atoms with Gasteiger partial charge < -0.3 is 4.40 Å². The van der Waals surface area contributed by atoms with Crippen molar-refractivity contribution in [3.63, 3.8) is 0 Å². The Balaban J connectivity index is 1.11. The standard InChI is InChI=1S/C55H47N3S/c1-34-33-55(3)54(2,26-24-37-15-6-7-16-38(37)46-20-10-11-27-56(34)46)45-32-49-43(31-44(45)48-30-36(25-28-57(48)55)29-35-13-4-5-14-35)40-18-12-19-42-51-47(58(49)52(40)42)23-22-41-39-17-8-9-21-50(39)59-53(41)51/h6-12,15-23,25,27-28,30-32,35H,1,4-5,13-14,24,26,29,33H2,2-3H3/q+2. The third-order valence-electron chi connectivity index (χ3n) is 15.5. The zero-order chi connectivity index (χ0) is 39.2. The van der Waals surface area contributed by atoms with E-state index in [9.17, 15) is 0 Å². The topological polar surface area (TPSA) is 12.2 Å². The van der Waals surface area contributed by atoms with Crippen molar-refractivity contribution in [1.29, 1.82) is 0 Å². The number of benzene rings is 5. The molecule has 0 amide bonds. The lowest BCUT2D eigenvalue weighted by Crippen LogP contribution is -2.68. The highest BCUT2D eigenvalue weighted by Crippen LogP contribution is 2.54. The number of hydrogen-bond donors (Lipinski definition) is 0. The van der Waals surface area contributed by atoms with E-state index >= 15 is 0 Å². The normalized spacial score (nSPS) is 20.7. The minimum Gasteiger partial charge on any atom is -0.308 e. The van der Waals surface area contributed by atoms with Gasteiger partial charge >= 0.3 is 0 Å². The van der Waals surface area contributed by atoms with Crippen molar-refractivity contribution < 1.29 is 9.13 Å². The van der Waals surface area contributed by atoms with Crippen LogP contribution in [0.2, 0.25) is 0 Å². The molecule has 5 aromatic heterocycles. The third kappa shape index (κ3) is 4.53. The first-order valence-corrected chi connectivity index (χ1v) is 22.6. The van der Waals surface area contributed by atoms with Crippen LogP contribution in [0.3, 0.4) is 0 Å². The molecule has 0 N–H and O–H groups in total. The Morgan fingerprint density at radius 1 is 0.712 bits per heavy atom. The molecule has 0 radical (unpaired) electrons. The summed E-state index contributed by atoms with van der Waals surface area (Å²) in [4.78, 5) is 0. The first kappa shape index (κ1) is 34.1. The van der Waals surface area contributed by atoms with E-state index in [1.54, 1.807) is 0 Å². The highest BCUT2D eigenvalue weighted by molar-refractivity contribution is 7.26. The lowest BCUT2D eigenvalue weighted by molar-refractivity contribution is -0.766. The summed E-state index contributed by atoms with van der Waals surface area (Å²) in [5.74, 6) is 0.785. The van der Waals surface area contributed by atoms with Gasteiger partial charge in [0, 0.05) is 78.5 Å². The molecule has 3 nitrogen and oxygen atoms in total. The van der Waals surface area contributed by atoms with Crippen molar-refractivity contribution in [2.75, 3.05) is 0 Å². The summed E-state index contributed by atoms with van der Waals surface area (Å²) < 4.78 is 10.4. The summed E-state index contributed by atoms with van der Waals surface area (Å²) in [6.45, 7) is 10.0. The maximum Gasteiger partial charge on any atom is 0.218 e. The fraction of sp³-hybridized carbons (Fsp3) is 0.236. The van der Waals surface area contributed by atoms with Crippen LogP contribution in [0.1, 0.15) is 69.1 Å². The molecule has 2 atom stereocenters. The summed E-state index contributed by atoms with van der Waals surface area (Å²) in [6, 6.07) is 46.7. The van der Waals surface area contributed by atoms with Gasteiger partial charge in [-0.2, -0.15) is 9.13 Å². The van der Waals surface area contributed by atoms with Crippen LogP contribution in [0.15, 0.2) is 140 Å². The van der Waals surface area contributed by atoms with Crippen LogP contribution < -0.4 is 9.13 Å². The SMILES string of the molecule is C=C1CC2(C)[n+]3ccc(CC4CCCC4)cc3-c3cc4c5cccc6c7c8sc9ccccc9c8ccc7n(c4cc3C2(C)CCc2ccccc2-c2cccc[n+]21)c56. The summed E-state index contributed by atoms with van der Waals surface area (Å²) in [7, 11) is 0. The van der Waals surface area contributed by atoms with Crippen molar-refractivity contribution in [3.8, 4) is 22.5 Å². The lowest BCUT2D eigenvalue weighted by Gasteiger charge is -2.47. The van der Waals surface area contributed by atoms with Gasteiger partial charge in [-0.1, -0.05) is 86.3 Å². The van der Waals surface area contributed by atoms with Crippen LogP contribution in [-0.4, -0.2) is 4.40 Å². The Morgan fingerprint density at radius 2 is 1.53 bits per heavy atom. The van der Waals surface area contributed by atoms with Crippen LogP contribution in [0.4, 0.5) is 0 Å². The molecule has 286 valence electrons. The number of thiophene rings is 1. The number of hydrogen-bond acceptors (Lipinski definition) is 1. The quantitative estimate of drug-likeness (QED) is 0.155. The average molecular weight is 782 g/mol. The summed E-state index contributed by atoms with van der Waals surface area (Å²) in [6.07, 6.45) is 14.1. The second-order valence-electron chi connectivity index (χ2n) is 18.5. The molecular formula is C55H47N3S+2. The molecule has 4 heteroatoms. The number of pyridine rings is 2. The predicted octanol–water partition coefficient (Wildman–Crippen LogP) is 13.3. The van der Waals surface area contributed by atoms with E-state index in [0.29, 0.717) is 0 Å². The molecule has 0 spiro atoms. The Morgan fingerprint density at radius 3 is 2.44 bits per heavy atom. The zero-order valence-corrected chi connectivity index (χ0v) is 34.7. The van der Waals surface area contributed by atoms with Crippen molar-refractivity contribution in [2.45, 2.75) is 76.2 Å². The third-order valence-corrected chi connectivity index (χ3v) is 16.7. The van der Waals surface area contributed by atoms with Crippen molar-refractivity contribution in [3.05, 3.63) is 157 Å². The average Bonchev–Trinajstić information content (AvgIpc) is 4.06. The molecule has 5 aromatic carbocycles. The van der Waals surface area contributed by atoms with Crippen molar-refractivity contribution >= 4 is 75.3 Å². The van der Waals surface area contributed by atoms with Gasteiger partial charge in [-0.15, -0.1) is 11.3 Å². The lowest BCUT2D eigenvalue weighted by atomic mass is 9.59. The van der Waals surface area contributed by atoms with E-state index in [1.165, 1.54) is 123 Å². The molecule has 2 unspecified atom stereocenters. The molecule has 59 heavy (non-hydrogen) atoms. The minimum atomic E-state index is -0.304. The Hall–Kier alpha value is -5.84. The first-order valence-electron chi connectivity index (χ1n) is 21.8. The molecule has 7 heterocycles. The number of fused-ring (bicyclic) bond motifs is 19. The van der Waals surface area contributed by atoms with E-state index in [2.05, 4.69) is 161 Å². The predicted molar refractivity (Wildman–Crippen MR) is 247 cm³/mol. The summed E-state index contributed by atoms with van der Waals surface area (Å²) >= 11 is 1.94. The van der Waals surface area contributed by atoms with E-state index < -0.39 is 0 Å². The first-order chi connectivity index (χ1) is 28.9. The smallest absolute Gasteiger partial charge is 0.218 e. The second kappa shape index (κ2) is 12.1. The molecule has 1 saturated carbocycles. The maximum atomic E-state index is 4.91. The Labute approximate surface area is 348 Å². The number of aryl methyl sites for hydroxylation is 1. The van der Waals surface area contributed by atoms with Gasteiger partial charge in [0.15, 0.2) is 23.6 Å². The Bertz CT molecular complexity index is 3410.